The summed E-state index contributed by atoms with van der Waals surface area (Å²) >= 11 is 0. The van der Waals surface area contributed by atoms with Gasteiger partial charge in [-0.3, -0.25) is 9.78 Å². The van der Waals surface area contributed by atoms with Crippen LogP contribution in [0.3, 0.4) is 0 Å². The van der Waals surface area contributed by atoms with E-state index in [1.165, 1.54) is 0 Å². The van der Waals surface area contributed by atoms with E-state index in [-0.39, 0.29) is 17.5 Å². The number of likely N-dealkylation sites (N-methyl/N-ethyl adjacent to an activating group) is 2. The molecule has 1 aliphatic rings. The first-order chi connectivity index (χ1) is 15.0. The van der Waals surface area contributed by atoms with Crippen LogP contribution in [-0.2, 0) is 10.3 Å². The Morgan fingerprint density at radius 3 is 2.58 bits per heavy atom. The fraction of sp³-hybridized carbons (Fsp3) is 0.500. The molecule has 1 saturated carbocycles. The topological polar surface area (TPSA) is 85.1 Å². The number of aromatic nitrogens is 2. The molecule has 3 rings (SSSR count). The van der Waals surface area contributed by atoms with E-state index in [4.69, 9.17) is 5.26 Å². The largest absolute Gasteiger partial charge is 0.352 e. The van der Waals surface area contributed by atoms with Gasteiger partial charge in [0, 0.05) is 51.0 Å². The average Bonchev–Trinajstić information content (AvgIpc) is 3.60. The van der Waals surface area contributed by atoms with Gasteiger partial charge in [0.1, 0.15) is 11.9 Å². The van der Waals surface area contributed by atoms with E-state index in [0.717, 1.165) is 30.9 Å². The molecule has 7 nitrogen and oxygen atoms in total. The van der Waals surface area contributed by atoms with E-state index in [1.54, 1.807) is 12.3 Å². The van der Waals surface area contributed by atoms with Crippen molar-refractivity contribution in [3.63, 3.8) is 0 Å². The fourth-order valence-electron chi connectivity index (χ4n) is 4.01. The summed E-state index contributed by atoms with van der Waals surface area (Å²) in [4.78, 5) is 25.9. The second-order valence-corrected chi connectivity index (χ2v) is 8.06. The smallest absolute Gasteiger partial charge is 0.223 e. The number of nitrogens with zero attached hydrogens (tertiary/aromatic N) is 5. The van der Waals surface area contributed by atoms with Crippen molar-refractivity contribution >= 4 is 11.7 Å². The second-order valence-electron chi connectivity index (χ2n) is 8.06. The first-order valence-corrected chi connectivity index (χ1v) is 11.1. The molecule has 0 bridgehead atoms. The molecule has 0 radical (unpaired) electrons. The van der Waals surface area contributed by atoms with Gasteiger partial charge in [0.15, 0.2) is 0 Å². The number of rotatable bonds is 11. The number of hydrogen-bond donors (Lipinski definition) is 1. The third-order valence-corrected chi connectivity index (χ3v) is 5.97. The summed E-state index contributed by atoms with van der Waals surface area (Å²) in [6.07, 6.45) is 6.01. The third kappa shape index (κ3) is 5.59. The maximum absolute atomic E-state index is 12.9. The molecule has 2 heterocycles. The standard InChI is InChI=1S/C24H32N6O/c1-4-29(18-19(3)30(5-2)22-10-9-20(16-25)17-27-22)23(31)11-15-28-24(12-13-24)21-8-6-7-14-26-21/h6-10,14,17,19,28H,4-5,11-13,15,18H2,1-3H3. The van der Waals surface area contributed by atoms with Gasteiger partial charge >= 0.3 is 0 Å². The summed E-state index contributed by atoms with van der Waals surface area (Å²) in [5.74, 6) is 0.979. The minimum Gasteiger partial charge on any atom is -0.352 e. The van der Waals surface area contributed by atoms with E-state index in [2.05, 4.69) is 46.2 Å². The lowest BCUT2D eigenvalue weighted by molar-refractivity contribution is -0.131. The Kier molecular flexibility index (Phi) is 7.59. The summed E-state index contributed by atoms with van der Waals surface area (Å²) in [7, 11) is 0. The van der Waals surface area contributed by atoms with Crippen LogP contribution >= 0.6 is 0 Å². The van der Waals surface area contributed by atoms with Crippen LogP contribution in [0.25, 0.3) is 0 Å². The molecule has 164 valence electrons. The first kappa shape index (κ1) is 22.7. The number of carbonyl (C=O) groups is 1. The van der Waals surface area contributed by atoms with Crippen LogP contribution in [0.15, 0.2) is 42.7 Å². The molecule has 0 saturated heterocycles. The van der Waals surface area contributed by atoms with Gasteiger partial charge in [0.05, 0.1) is 16.8 Å². The molecule has 1 amide bonds. The van der Waals surface area contributed by atoms with Crippen molar-refractivity contribution in [3.05, 3.63) is 54.0 Å². The van der Waals surface area contributed by atoms with Crippen LogP contribution in [0.5, 0.6) is 0 Å². The molecule has 2 aromatic rings. The maximum Gasteiger partial charge on any atom is 0.223 e. The monoisotopic (exact) mass is 420 g/mol. The Morgan fingerprint density at radius 1 is 1.23 bits per heavy atom. The number of nitrogens with one attached hydrogen (secondary N) is 1. The zero-order valence-corrected chi connectivity index (χ0v) is 18.7. The number of pyridine rings is 2. The van der Waals surface area contributed by atoms with Crippen molar-refractivity contribution in [2.45, 2.75) is 51.6 Å². The molecule has 1 unspecified atom stereocenters. The van der Waals surface area contributed by atoms with Gasteiger partial charge in [0.25, 0.3) is 0 Å². The van der Waals surface area contributed by atoms with Crippen LogP contribution in [0.4, 0.5) is 5.82 Å². The third-order valence-electron chi connectivity index (χ3n) is 5.97. The SMILES string of the molecule is CCN(CC(C)N(CC)c1ccc(C#N)cn1)C(=O)CCNC1(c2ccccn2)CC1. The summed E-state index contributed by atoms with van der Waals surface area (Å²) in [5.41, 5.74) is 1.56. The summed E-state index contributed by atoms with van der Waals surface area (Å²) in [5, 5.41) is 12.5. The molecule has 1 fully saturated rings. The van der Waals surface area contributed by atoms with Gasteiger partial charge in [-0.25, -0.2) is 4.98 Å². The highest BCUT2D eigenvalue weighted by molar-refractivity contribution is 5.76. The minimum atomic E-state index is -0.0495. The van der Waals surface area contributed by atoms with Crippen LogP contribution in [0.1, 0.15) is 51.3 Å². The molecule has 0 spiro atoms. The van der Waals surface area contributed by atoms with Crippen LogP contribution in [0.2, 0.25) is 0 Å². The van der Waals surface area contributed by atoms with Crippen molar-refractivity contribution in [2.24, 2.45) is 0 Å². The summed E-state index contributed by atoms with van der Waals surface area (Å²) in [6.45, 7) is 8.94. The molecule has 1 N–H and O–H groups in total. The average molecular weight is 421 g/mol. The van der Waals surface area contributed by atoms with E-state index in [0.29, 0.717) is 31.6 Å². The van der Waals surface area contributed by atoms with Gasteiger partial charge in [-0.2, -0.15) is 5.26 Å². The molecule has 0 aromatic carbocycles. The Morgan fingerprint density at radius 2 is 2.03 bits per heavy atom. The van der Waals surface area contributed by atoms with Gasteiger partial charge in [0.2, 0.25) is 5.91 Å². The maximum atomic E-state index is 12.9. The molecule has 7 heteroatoms. The quantitative estimate of drug-likeness (QED) is 0.601. The first-order valence-electron chi connectivity index (χ1n) is 11.1. The minimum absolute atomic E-state index is 0.0495. The molecule has 2 aromatic heterocycles. The van der Waals surface area contributed by atoms with Crippen LogP contribution in [0, 0.1) is 11.3 Å². The molecule has 1 aliphatic carbocycles. The lowest BCUT2D eigenvalue weighted by Gasteiger charge is -2.33. The zero-order valence-electron chi connectivity index (χ0n) is 18.7. The number of nitriles is 1. The number of hydrogen-bond acceptors (Lipinski definition) is 6. The number of amides is 1. The molecular weight excluding hydrogens is 388 g/mol. The number of carbonyl (C=O) groups excluding carboxylic acids is 1. The highest BCUT2D eigenvalue weighted by Crippen LogP contribution is 2.44. The Hall–Kier alpha value is -2.98. The highest BCUT2D eigenvalue weighted by atomic mass is 16.2. The lowest BCUT2D eigenvalue weighted by Crippen LogP contribution is -2.45. The predicted octanol–water partition coefficient (Wildman–Crippen LogP) is 3.08. The van der Waals surface area contributed by atoms with Crippen molar-refractivity contribution < 1.29 is 4.79 Å². The van der Waals surface area contributed by atoms with Crippen molar-refractivity contribution in [1.82, 2.24) is 20.2 Å². The Bertz CT molecular complexity index is 889. The molecule has 31 heavy (non-hydrogen) atoms. The summed E-state index contributed by atoms with van der Waals surface area (Å²) < 4.78 is 0. The zero-order chi connectivity index (χ0) is 22.3. The van der Waals surface area contributed by atoms with E-state index in [9.17, 15) is 4.79 Å². The van der Waals surface area contributed by atoms with Gasteiger partial charge in [-0.1, -0.05) is 6.07 Å². The Balaban J connectivity index is 1.53. The lowest BCUT2D eigenvalue weighted by atomic mass is 10.1. The summed E-state index contributed by atoms with van der Waals surface area (Å²) in [6, 6.07) is 11.9. The number of anilines is 1. The van der Waals surface area contributed by atoms with E-state index >= 15 is 0 Å². The van der Waals surface area contributed by atoms with Crippen molar-refractivity contribution in [3.8, 4) is 6.07 Å². The predicted molar refractivity (Wildman–Crippen MR) is 121 cm³/mol. The molecule has 0 aliphatic heterocycles. The fourth-order valence-corrected chi connectivity index (χ4v) is 4.01. The van der Waals surface area contributed by atoms with Gasteiger partial charge in [-0.05, 0) is 57.9 Å². The van der Waals surface area contributed by atoms with E-state index < -0.39 is 0 Å². The highest BCUT2D eigenvalue weighted by Gasteiger charge is 2.45. The van der Waals surface area contributed by atoms with E-state index in [1.807, 2.05) is 36.2 Å². The van der Waals surface area contributed by atoms with Gasteiger partial charge in [-0.15, -0.1) is 0 Å². The second kappa shape index (κ2) is 10.4. The van der Waals surface area contributed by atoms with Crippen molar-refractivity contribution in [1.29, 1.82) is 5.26 Å². The molecule has 1 atom stereocenters. The van der Waals surface area contributed by atoms with Crippen molar-refractivity contribution in [2.75, 3.05) is 31.1 Å². The molecular formula is C24H32N6O. The Labute approximate surface area is 185 Å². The van der Waals surface area contributed by atoms with Crippen LogP contribution < -0.4 is 10.2 Å². The van der Waals surface area contributed by atoms with Gasteiger partial charge < -0.3 is 15.1 Å². The normalized spacial score (nSPS) is 15.0. The van der Waals surface area contributed by atoms with Crippen LogP contribution in [-0.4, -0.2) is 53.0 Å².